The molecule has 1 heterocycles. The molecule has 6 heteroatoms. The van der Waals surface area contributed by atoms with Gasteiger partial charge in [-0.05, 0) is 30.2 Å². The van der Waals surface area contributed by atoms with Crippen molar-refractivity contribution in [1.82, 2.24) is 0 Å². The Hall–Kier alpha value is -2.34. The molecule has 0 aliphatic carbocycles. The van der Waals surface area contributed by atoms with Crippen LogP contribution in [-0.4, -0.2) is 11.5 Å². The molecule has 1 aromatic carbocycles. The molecule has 0 amide bonds. The molecule has 0 radical (unpaired) electrons. The van der Waals surface area contributed by atoms with Gasteiger partial charge in [0, 0.05) is 12.6 Å². The summed E-state index contributed by atoms with van der Waals surface area (Å²) in [5.41, 5.74) is 1.37. The van der Waals surface area contributed by atoms with Crippen molar-refractivity contribution in [3.8, 4) is 0 Å². The molecule has 0 unspecified atom stereocenters. The van der Waals surface area contributed by atoms with Crippen molar-refractivity contribution >= 4 is 11.4 Å². The van der Waals surface area contributed by atoms with E-state index in [0.29, 0.717) is 25.4 Å². The van der Waals surface area contributed by atoms with E-state index in [1.54, 1.807) is 24.5 Å². The van der Waals surface area contributed by atoms with E-state index in [1.165, 1.54) is 0 Å². The molecule has 0 saturated heterocycles. The van der Waals surface area contributed by atoms with Crippen LogP contribution in [-0.2, 0) is 18.0 Å². The highest BCUT2D eigenvalue weighted by Crippen LogP contribution is 2.26. The van der Waals surface area contributed by atoms with Gasteiger partial charge in [-0.15, -0.1) is 0 Å². The van der Waals surface area contributed by atoms with E-state index in [4.69, 9.17) is 9.15 Å². The lowest BCUT2D eigenvalue weighted by Crippen LogP contribution is -2.04. The van der Waals surface area contributed by atoms with Crippen LogP contribution in [0.1, 0.15) is 24.7 Å². The fourth-order valence-corrected chi connectivity index (χ4v) is 1.89. The van der Waals surface area contributed by atoms with Gasteiger partial charge in [-0.1, -0.05) is 13.0 Å². The molecule has 112 valence electrons. The SMILES string of the molecule is CCCNc1ccc(COCc2ccco2)cc1[N+](=O)[O-]. The minimum absolute atomic E-state index is 0.0718. The second kappa shape index (κ2) is 7.44. The lowest BCUT2D eigenvalue weighted by Gasteiger charge is -2.08. The van der Waals surface area contributed by atoms with E-state index in [1.807, 2.05) is 19.1 Å². The average Bonchev–Trinajstić information content (AvgIpc) is 2.99. The van der Waals surface area contributed by atoms with Crippen LogP contribution in [0.5, 0.6) is 0 Å². The van der Waals surface area contributed by atoms with Crippen molar-refractivity contribution in [2.45, 2.75) is 26.6 Å². The van der Waals surface area contributed by atoms with Gasteiger partial charge in [-0.2, -0.15) is 0 Å². The van der Waals surface area contributed by atoms with Gasteiger partial charge in [0.05, 0.1) is 17.8 Å². The quantitative estimate of drug-likeness (QED) is 0.592. The van der Waals surface area contributed by atoms with Gasteiger partial charge in [0.15, 0.2) is 0 Å². The van der Waals surface area contributed by atoms with E-state index in [-0.39, 0.29) is 10.6 Å². The Morgan fingerprint density at radius 2 is 2.19 bits per heavy atom. The van der Waals surface area contributed by atoms with Crippen LogP contribution in [0.3, 0.4) is 0 Å². The van der Waals surface area contributed by atoms with Crippen molar-refractivity contribution in [3.05, 3.63) is 58.0 Å². The first-order valence-electron chi connectivity index (χ1n) is 6.82. The standard InChI is InChI=1S/C15H18N2O4/c1-2-7-16-14-6-5-12(9-15(14)17(18)19)10-20-11-13-4-3-8-21-13/h3-6,8-9,16H,2,7,10-11H2,1H3. The second-order valence-electron chi connectivity index (χ2n) is 4.61. The molecular weight excluding hydrogens is 272 g/mol. The number of nitrogens with one attached hydrogen (secondary N) is 1. The summed E-state index contributed by atoms with van der Waals surface area (Å²) in [4.78, 5) is 10.7. The number of hydrogen-bond donors (Lipinski definition) is 1. The highest BCUT2D eigenvalue weighted by Gasteiger charge is 2.14. The smallest absolute Gasteiger partial charge is 0.292 e. The Morgan fingerprint density at radius 3 is 2.86 bits per heavy atom. The zero-order valence-electron chi connectivity index (χ0n) is 11.9. The molecular formula is C15H18N2O4. The Kier molecular flexibility index (Phi) is 5.34. The van der Waals surface area contributed by atoms with Crippen molar-refractivity contribution in [1.29, 1.82) is 0 Å². The first kappa shape index (κ1) is 15.1. The average molecular weight is 290 g/mol. The number of nitro benzene ring substituents is 1. The third-order valence-corrected chi connectivity index (χ3v) is 2.92. The Morgan fingerprint density at radius 1 is 1.33 bits per heavy atom. The van der Waals surface area contributed by atoms with Gasteiger partial charge in [-0.25, -0.2) is 0 Å². The number of anilines is 1. The van der Waals surface area contributed by atoms with Gasteiger partial charge in [0.1, 0.15) is 18.1 Å². The molecule has 0 fully saturated rings. The molecule has 0 aliphatic rings. The first-order chi connectivity index (χ1) is 10.2. The van der Waals surface area contributed by atoms with Crippen LogP contribution in [0.25, 0.3) is 0 Å². The summed E-state index contributed by atoms with van der Waals surface area (Å²) in [6, 6.07) is 8.70. The number of rotatable bonds is 8. The second-order valence-corrected chi connectivity index (χ2v) is 4.61. The number of ether oxygens (including phenoxy) is 1. The predicted molar refractivity (Wildman–Crippen MR) is 79.1 cm³/mol. The summed E-state index contributed by atoms with van der Waals surface area (Å²) in [6.07, 6.45) is 2.49. The Labute approximate surface area is 122 Å². The number of nitro groups is 1. The van der Waals surface area contributed by atoms with Gasteiger partial charge < -0.3 is 14.5 Å². The summed E-state index contributed by atoms with van der Waals surface area (Å²) in [7, 11) is 0. The van der Waals surface area contributed by atoms with E-state index >= 15 is 0 Å². The third-order valence-electron chi connectivity index (χ3n) is 2.92. The Balaban J connectivity index is 1.99. The zero-order valence-corrected chi connectivity index (χ0v) is 11.9. The maximum atomic E-state index is 11.1. The van der Waals surface area contributed by atoms with Crippen LogP contribution in [0, 0.1) is 10.1 Å². The lowest BCUT2D eigenvalue weighted by atomic mass is 10.2. The third kappa shape index (κ3) is 4.32. The van der Waals surface area contributed by atoms with Gasteiger partial charge in [0.25, 0.3) is 5.69 Å². The number of nitrogens with zero attached hydrogens (tertiary/aromatic N) is 1. The summed E-state index contributed by atoms with van der Waals surface area (Å²) in [6.45, 7) is 3.36. The normalized spacial score (nSPS) is 10.5. The monoisotopic (exact) mass is 290 g/mol. The molecule has 0 aliphatic heterocycles. The molecule has 0 bridgehead atoms. The van der Waals surface area contributed by atoms with Gasteiger partial charge >= 0.3 is 0 Å². The van der Waals surface area contributed by atoms with Crippen molar-refractivity contribution < 1.29 is 14.1 Å². The molecule has 21 heavy (non-hydrogen) atoms. The number of hydrogen-bond acceptors (Lipinski definition) is 5. The predicted octanol–water partition coefficient (Wildman–Crippen LogP) is 3.73. The maximum Gasteiger partial charge on any atom is 0.292 e. The summed E-state index contributed by atoms with van der Waals surface area (Å²) in [5, 5.41) is 14.2. The number of furan rings is 1. The fourth-order valence-electron chi connectivity index (χ4n) is 1.89. The summed E-state index contributed by atoms with van der Waals surface area (Å²) < 4.78 is 10.6. The zero-order chi connectivity index (χ0) is 15.1. The summed E-state index contributed by atoms with van der Waals surface area (Å²) >= 11 is 0. The van der Waals surface area contributed by atoms with Crippen molar-refractivity contribution in [2.75, 3.05) is 11.9 Å². The van der Waals surface area contributed by atoms with Crippen LogP contribution < -0.4 is 5.32 Å². The molecule has 6 nitrogen and oxygen atoms in total. The van der Waals surface area contributed by atoms with E-state index < -0.39 is 0 Å². The molecule has 0 saturated carbocycles. The first-order valence-corrected chi connectivity index (χ1v) is 6.82. The maximum absolute atomic E-state index is 11.1. The molecule has 1 N–H and O–H groups in total. The van der Waals surface area contributed by atoms with Crippen LogP contribution in [0.2, 0.25) is 0 Å². The van der Waals surface area contributed by atoms with E-state index in [0.717, 1.165) is 17.7 Å². The molecule has 0 spiro atoms. The fraction of sp³-hybridized carbons (Fsp3) is 0.333. The highest BCUT2D eigenvalue weighted by atomic mass is 16.6. The minimum Gasteiger partial charge on any atom is -0.467 e. The topological polar surface area (TPSA) is 77.5 Å². The molecule has 1 aromatic heterocycles. The van der Waals surface area contributed by atoms with Crippen LogP contribution >= 0.6 is 0 Å². The molecule has 2 rings (SSSR count). The lowest BCUT2D eigenvalue weighted by molar-refractivity contribution is -0.384. The Bertz CT molecular complexity index is 581. The van der Waals surface area contributed by atoms with Gasteiger partial charge in [0.2, 0.25) is 0 Å². The molecule has 0 atom stereocenters. The van der Waals surface area contributed by atoms with E-state index in [2.05, 4.69) is 5.32 Å². The van der Waals surface area contributed by atoms with E-state index in [9.17, 15) is 10.1 Å². The number of benzene rings is 1. The van der Waals surface area contributed by atoms with Crippen LogP contribution in [0.15, 0.2) is 41.0 Å². The van der Waals surface area contributed by atoms with Gasteiger partial charge in [-0.3, -0.25) is 10.1 Å². The largest absolute Gasteiger partial charge is 0.467 e. The highest BCUT2D eigenvalue weighted by molar-refractivity contribution is 5.62. The van der Waals surface area contributed by atoms with Crippen molar-refractivity contribution in [3.63, 3.8) is 0 Å². The van der Waals surface area contributed by atoms with Crippen LogP contribution in [0.4, 0.5) is 11.4 Å². The van der Waals surface area contributed by atoms with Crippen molar-refractivity contribution in [2.24, 2.45) is 0 Å². The summed E-state index contributed by atoms with van der Waals surface area (Å²) in [5.74, 6) is 0.728. The minimum atomic E-state index is -0.381. The molecule has 2 aromatic rings.